The monoisotopic (exact) mass is 411 g/mol. The second-order valence-electron chi connectivity index (χ2n) is 7.01. The van der Waals surface area contributed by atoms with E-state index in [9.17, 15) is 9.59 Å². The molecule has 0 radical (unpaired) electrons. The lowest BCUT2D eigenvalue weighted by Crippen LogP contribution is -2.38. The number of carbonyl (C=O) groups excluding carboxylic acids is 2. The van der Waals surface area contributed by atoms with E-state index < -0.39 is 12.0 Å². The number of methoxy groups -OCH3 is 1. The highest BCUT2D eigenvalue weighted by atomic mass is 32.2. The Bertz CT molecular complexity index is 962. The summed E-state index contributed by atoms with van der Waals surface area (Å²) < 4.78 is 5.08. The summed E-state index contributed by atoms with van der Waals surface area (Å²) in [4.78, 5) is 31.7. The average molecular weight is 412 g/mol. The minimum absolute atomic E-state index is 0.108. The normalized spacial score (nSPS) is 18.1. The molecule has 2 aliphatic heterocycles. The Labute approximate surface area is 175 Å². The van der Waals surface area contributed by atoms with E-state index in [1.165, 1.54) is 18.9 Å². The van der Waals surface area contributed by atoms with Crippen molar-refractivity contribution in [2.24, 2.45) is 4.99 Å². The van der Waals surface area contributed by atoms with Crippen LogP contribution in [0.2, 0.25) is 0 Å². The summed E-state index contributed by atoms with van der Waals surface area (Å²) in [5.41, 5.74) is 5.12. The maximum atomic E-state index is 12.7. The molecule has 1 atom stereocenters. The van der Waals surface area contributed by atoms with Gasteiger partial charge in [-0.05, 0) is 37.3 Å². The van der Waals surface area contributed by atoms with Gasteiger partial charge in [-0.15, -0.1) is 6.58 Å². The van der Waals surface area contributed by atoms with Gasteiger partial charge in [-0.1, -0.05) is 41.6 Å². The van der Waals surface area contributed by atoms with E-state index in [0.29, 0.717) is 17.8 Å². The molecule has 0 aromatic heterocycles. The smallest absolute Gasteiger partial charge is 0.338 e. The number of benzene rings is 1. The van der Waals surface area contributed by atoms with Gasteiger partial charge >= 0.3 is 5.97 Å². The van der Waals surface area contributed by atoms with Gasteiger partial charge in [0.15, 0.2) is 5.17 Å². The van der Waals surface area contributed by atoms with Crippen molar-refractivity contribution in [3.05, 3.63) is 69.9 Å². The van der Waals surface area contributed by atoms with Gasteiger partial charge in [0, 0.05) is 12.2 Å². The van der Waals surface area contributed by atoms with Crippen molar-refractivity contribution < 1.29 is 14.3 Å². The van der Waals surface area contributed by atoms with Crippen molar-refractivity contribution in [2.45, 2.75) is 33.2 Å². The van der Waals surface area contributed by atoms with Crippen molar-refractivity contribution in [1.29, 1.82) is 0 Å². The SMILES string of the molecule is C=CCNC(=O)CC1=CSC2=NC(C)=C(C(=O)OC)C(c3ccc(C)cc3C)N12. The number of thioether (sulfide) groups is 1. The van der Waals surface area contributed by atoms with Crippen LogP contribution < -0.4 is 5.32 Å². The zero-order chi connectivity index (χ0) is 21.1. The largest absolute Gasteiger partial charge is 0.466 e. The predicted molar refractivity (Wildman–Crippen MR) is 116 cm³/mol. The molecule has 6 nitrogen and oxygen atoms in total. The summed E-state index contributed by atoms with van der Waals surface area (Å²) in [6, 6.07) is 5.76. The third kappa shape index (κ3) is 4.15. The van der Waals surface area contributed by atoms with Gasteiger partial charge in [-0.2, -0.15) is 0 Å². The standard InChI is InChI=1S/C22H25N3O3S/c1-6-9-23-18(26)11-16-12-29-22-24-15(4)19(21(27)28-5)20(25(16)22)17-8-7-13(2)10-14(17)3/h6-8,10,12,20H,1,9,11H2,2-5H3,(H,23,26). The molecule has 1 unspecified atom stereocenters. The molecule has 0 bridgehead atoms. The van der Waals surface area contributed by atoms with Crippen LogP contribution in [0.5, 0.6) is 0 Å². The lowest BCUT2D eigenvalue weighted by Gasteiger charge is -2.37. The number of hydrogen-bond acceptors (Lipinski definition) is 6. The first kappa shape index (κ1) is 20.9. The van der Waals surface area contributed by atoms with Gasteiger partial charge in [0.1, 0.15) is 0 Å². The summed E-state index contributed by atoms with van der Waals surface area (Å²) in [7, 11) is 1.37. The molecule has 2 heterocycles. The Morgan fingerprint density at radius 1 is 1.34 bits per heavy atom. The molecule has 0 fully saturated rings. The lowest BCUT2D eigenvalue weighted by atomic mass is 9.90. The Morgan fingerprint density at radius 2 is 2.10 bits per heavy atom. The third-order valence-corrected chi connectivity index (χ3v) is 5.80. The molecule has 1 amide bonds. The highest BCUT2D eigenvalue weighted by molar-refractivity contribution is 8.16. The van der Waals surface area contributed by atoms with Gasteiger partial charge < -0.3 is 15.0 Å². The number of amidine groups is 1. The number of ether oxygens (including phenoxy) is 1. The first-order valence-corrected chi connectivity index (χ1v) is 10.2. The van der Waals surface area contributed by atoms with E-state index in [4.69, 9.17) is 4.74 Å². The number of fused-ring (bicyclic) bond motifs is 1. The van der Waals surface area contributed by atoms with E-state index in [1.807, 2.05) is 43.2 Å². The summed E-state index contributed by atoms with van der Waals surface area (Å²) >= 11 is 1.46. The summed E-state index contributed by atoms with van der Waals surface area (Å²) in [6.45, 7) is 9.92. The van der Waals surface area contributed by atoms with Crippen molar-refractivity contribution in [3.63, 3.8) is 0 Å². The van der Waals surface area contributed by atoms with E-state index in [-0.39, 0.29) is 12.3 Å². The van der Waals surface area contributed by atoms with Gasteiger partial charge in [0.05, 0.1) is 30.8 Å². The number of allylic oxidation sites excluding steroid dienone is 1. The maximum Gasteiger partial charge on any atom is 0.338 e. The minimum atomic E-state index is -0.414. The Balaban J connectivity index is 2.07. The van der Waals surface area contributed by atoms with E-state index in [2.05, 4.69) is 23.0 Å². The predicted octanol–water partition coefficient (Wildman–Crippen LogP) is 3.74. The van der Waals surface area contributed by atoms with Crippen molar-refractivity contribution in [2.75, 3.05) is 13.7 Å². The number of hydrogen-bond donors (Lipinski definition) is 1. The van der Waals surface area contributed by atoms with Gasteiger partial charge in [0.25, 0.3) is 0 Å². The van der Waals surface area contributed by atoms with Crippen LogP contribution in [0.15, 0.2) is 58.2 Å². The second kappa shape index (κ2) is 8.69. The Hall–Kier alpha value is -2.80. The number of esters is 1. The second-order valence-corrected chi connectivity index (χ2v) is 7.85. The van der Waals surface area contributed by atoms with Crippen LogP contribution in [0.4, 0.5) is 0 Å². The molecular formula is C22H25N3O3S. The third-order valence-electron chi connectivity index (χ3n) is 4.91. The fraction of sp³-hybridized carbons (Fsp3) is 0.318. The molecule has 152 valence electrons. The molecule has 7 heteroatoms. The van der Waals surface area contributed by atoms with Crippen molar-refractivity contribution >= 4 is 28.8 Å². The van der Waals surface area contributed by atoms with E-state index >= 15 is 0 Å². The molecule has 3 rings (SSSR count). The first-order chi connectivity index (χ1) is 13.9. The van der Waals surface area contributed by atoms with Gasteiger partial charge in [-0.25, -0.2) is 9.79 Å². The number of carbonyl (C=O) groups is 2. The quantitative estimate of drug-likeness (QED) is 0.570. The molecule has 0 aliphatic carbocycles. The number of amides is 1. The van der Waals surface area contributed by atoms with Crippen LogP contribution in [0.1, 0.15) is 36.1 Å². The highest BCUT2D eigenvalue weighted by Crippen LogP contribution is 2.45. The molecule has 2 aliphatic rings. The van der Waals surface area contributed by atoms with Crippen LogP contribution in [-0.2, 0) is 14.3 Å². The summed E-state index contributed by atoms with van der Waals surface area (Å²) in [5, 5.41) is 5.49. The number of aliphatic imine (C=N–C) groups is 1. The Morgan fingerprint density at radius 3 is 2.76 bits per heavy atom. The Kier molecular flexibility index (Phi) is 6.27. The van der Waals surface area contributed by atoms with E-state index in [1.54, 1.807) is 6.08 Å². The first-order valence-electron chi connectivity index (χ1n) is 9.34. The number of aryl methyl sites for hydroxylation is 2. The zero-order valence-electron chi connectivity index (χ0n) is 17.1. The van der Waals surface area contributed by atoms with Crippen LogP contribution in [0, 0.1) is 13.8 Å². The van der Waals surface area contributed by atoms with Crippen LogP contribution >= 0.6 is 11.8 Å². The summed E-state index contributed by atoms with van der Waals surface area (Å²) in [5.74, 6) is -0.522. The van der Waals surface area contributed by atoms with Gasteiger partial charge in [0.2, 0.25) is 5.91 Å². The van der Waals surface area contributed by atoms with Gasteiger partial charge in [-0.3, -0.25) is 4.79 Å². The van der Waals surface area contributed by atoms with Crippen LogP contribution in [0.25, 0.3) is 0 Å². The van der Waals surface area contributed by atoms with E-state index in [0.717, 1.165) is 27.6 Å². The molecule has 1 N–H and O–H groups in total. The number of nitrogens with one attached hydrogen (secondary N) is 1. The molecular weight excluding hydrogens is 386 g/mol. The molecule has 0 saturated carbocycles. The number of rotatable bonds is 6. The topological polar surface area (TPSA) is 71.0 Å². The number of nitrogens with zero attached hydrogens (tertiary/aromatic N) is 2. The average Bonchev–Trinajstić information content (AvgIpc) is 3.07. The molecule has 0 saturated heterocycles. The maximum absolute atomic E-state index is 12.7. The molecule has 29 heavy (non-hydrogen) atoms. The van der Waals surface area contributed by atoms with Crippen LogP contribution in [-0.4, -0.2) is 35.6 Å². The minimum Gasteiger partial charge on any atom is -0.466 e. The fourth-order valence-electron chi connectivity index (χ4n) is 3.58. The van der Waals surface area contributed by atoms with Crippen molar-refractivity contribution in [3.8, 4) is 0 Å². The molecule has 0 spiro atoms. The molecule has 1 aromatic rings. The van der Waals surface area contributed by atoms with Crippen LogP contribution in [0.3, 0.4) is 0 Å². The molecule has 1 aromatic carbocycles. The zero-order valence-corrected chi connectivity index (χ0v) is 17.9. The summed E-state index contributed by atoms with van der Waals surface area (Å²) in [6.07, 6.45) is 1.83. The van der Waals surface area contributed by atoms with Crippen molar-refractivity contribution in [1.82, 2.24) is 10.2 Å². The highest BCUT2D eigenvalue weighted by Gasteiger charge is 2.41. The lowest BCUT2D eigenvalue weighted by molar-refractivity contribution is -0.136. The fourth-order valence-corrected chi connectivity index (χ4v) is 4.54.